The van der Waals surface area contributed by atoms with E-state index in [9.17, 15) is 4.39 Å². The van der Waals surface area contributed by atoms with E-state index in [1.54, 1.807) is 29.1 Å². The molecule has 30 heavy (non-hydrogen) atoms. The Morgan fingerprint density at radius 2 is 2.10 bits per heavy atom. The Morgan fingerprint density at radius 1 is 1.33 bits per heavy atom. The topological polar surface area (TPSA) is 100 Å². The quantitative estimate of drug-likeness (QED) is 0.344. The summed E-state index contributed by atoms with van der Waals surface area (Å²) >= 11 is 2.74. The SMILES string of the molecule is COc1c(Br)c(-c2ncc3c(n2)NC(=ION)C3(C)C)nn1Cc1ccccc1F. The average molecular weight is 589 g/mol. The summed E-state index contributed by atoms with van der Waals surface area (Å²) in [4.78, 5) is 9.19. The largest absolute Gasteiger partial charge is 0.480 e. The summed E-state index contributed by atoms with van der Waals surface area (Å²) in [5.41, 5.74) is 1.69. The zero-order valence-corrected chi connectivity index (χ0v) is 20.2. The lowest BCUT2D eigenvalue weighted by atomic mass is 9.89. The highest BCUT2D eigenvalue weighted by Gasteiger charge is 2.38. The number of hydrogen-bond acceptors (Lipinski definition) is 7. The first-order valence-corrected chi connectivity index (χ1v) is 11.7. The minimum absolute atomic E-state index is 0.209. The number of methoxy groups -OCH3 is 1. The maximum Gasteiger partial charge on any atom is 0.227 e. The van der Waals surface area contributed by atoms with Gasteiger partial charge in [0.05, 0.1) is 38.4 Å². The fourth-order valence-corrected chi connectivity index (χ4v) is 5.33. The lowest BCUT2D eigenvalue weighted by molar-refractivity contribution is 0.363. The highest BCUT2D eigenvalue weighted by atomic mass is 127. The zero-order chi connectivity index (χ0) is 21.5. The first-order valence-electron chi connectivity index (χ1n) is 8.93. The lowest BCUT2D eigenvalue weighted by Crippen LogP contribution is -2.26. The second-order valence-electron chi connectivity index (χ2n) is 7.11. The normalized spacial score (nSPS) is 16.1. The third-order valence-electron chi connectivity index (χ3n) is 4.89. The molecule has 2 aromatic heterocycles. The molecule has 0 fully saturated rings. The van der Waals surface area contributed by atoms with Crippen LogP contribution in [0.1, 0.15) is 25.0 Å². The third kappa shape index (κ3) is 3.63. The Bertz CT molecular complexity index is 1150. The second kappa shape index (κ2) is 8.29. The van der Waals surface area contributed by atoms with E-state index in [-0.39, 0.29) is 17.8 Å². The molecule has 0 atom stereocenters. The van der Waals surface area contributed by atoms with Crippen LogP contribution in [0, 0.1) is 5.82 Å². The van der Waals surface area contributed by atoms with E-state index < -0.39 is 21.1 Å². The Kier molecular flexibility index (Phi) is 5.88. The molecule has 1 aromatic carbocycles. The molecule has 0 radical (unpaired) electrons. The fraction of sp³-hybridized carbons (Fsp3) is 0.263. The number of aromatic nitrogens is 4. The third-order valence-corrected chi connectivity index (χ3v) is 7.92. The van der Waals surface area contributed by atoms with Crippen LogP contribution in [0.25, 0.3) is 11.5 Å². The number of nitrogens with one attached hydrogen (secondary N) is 1. The molecule has 1 aliphatic rings. The van der Waals surface area contributed by atoms with Crippen molar-refractivity contribution >= 4 is 46.5 Å². The molecule has 0 saturated carbocycles. The lowest BCUT2D eigenvalue weighted by Gasteiger charge is -2.17. The summed E-state index contributed by atoms with van der Waals surface area (Å²) in [5.74, 6) is 6.58. The van der Waals surface area contributed by atoms with Crippen LogP contribution in [-0.4, -0.2) is 30.5 Å². The standard InChI is InChI=1S/C19H19BrFIN6O2/c1-19(2)11-8-24-16(25-15(11)26-18(19)22-30-23)14-13(20)17(29-3)28(27-14)9-10-6-4-5-7-12(10)21/h4-8H,9,23H2,1-3H3,(H,24,25,26). The molecule has 11 heteroatoms. The van der Waals surface area contributed by atoms with Gasteiger partial charge >= 0.3 is 0 Å². The van der Waals surface area contributed by atoms with Gasteiger partial charge in [-0.1, -0.05) is 18.2 Å². The molecule has 3 aromatic rings. The van der Waals surface area contributed by atoms with Gasteiger partial charge in [-0.05, 0) is 35.8 Å². The van der Waals surface area contributed by atoms with Gasteiger partial charge in [0.15, 0.2) is 5.82 Å². The highest BCUT2D eigenvalue weighted by molar-refractivity contribution is 14.2. The van der Waals surface area contributed by atoms with E-state index >= 15 is 0 Å². The molecule has 0 aliphatic carbocycles. The molecule has 0 unspecified atom stereocenters. The van der Waals surface area contributed by atoms with Crippen LogP contribution in [0.5, 0.6) is 5.88 Å². The van der Waals surface area contributed by atoms with Gasteiger partial charge in [0.2, 0.25) is 5.88 Å². The van der Waals surface area contributed by atoms with Crippen molar-refractivity contribution in [1.29, 1.82) is 0 Å². The molecule has 0 bridgehead atoms. The molecule has 3 heterocycles. The summed E-state index contributed by atoms with van der Waals surface area (Å²) in [6, 6.07) is 6.56. The van der Waals surface area contributed by atoms with Gasteiger partial charge in [-0.25, -0.2) is 28.1 Å². The monoisotopic (exact) mass is 588 g/mol. The molecular weight excluding hydrogens is 570 g/mol. The summed E-state index contributed by atoms with van der Waals surface area (Å²) in [5, 5.41) is 7.90. The molecule has 4 rings (SSSR count). The number of anilines is 1. The number of ether oxygens (including phenoxy) is 1. The van der Waals surface area contributed by atoms with Gasteiger partial charge in [-0.2, -0.15) is 5.10 Å². The van der Waals surface area contributed by atoms with Crippen molar-refractivity contribution in [3.63, 3.8) is 0 Å². The van der Waals surface area contributed by atoms with Crippen LogP contribution in [0.3, 0.4) is 0 Å². The summed E-state index contributed by atoms with van der Waals surface area (Å²) in [6.07, 6.45) is 1.78. The van der Waals surface area contributed by atoms with E-state index in [1.165, 1.54) is 13.2 Å². The molecule has 0 spiro atoms. The molecule has 0 amide bonds. The Hall–Kier alpha value is -1.96. The van der Waals surface area contributed by atoms with Crippen LogP contribution in [0.2, 0.25) is 0 Å². The van der Waals surface area contributed by atoms with Crippen LogP contribution < -0.4 is 16.0 Å². The van der Waals surface area contributed by atoms with Crippen molar-refractivity contribution in [3.8, 4) is 17.4 Å². The Balaban J connectivity index is 1.74. The van der Waals surface area contributed by atoms with Gasteiger partial charge in [0.25, 0.3) is 0 Å². The fourth-order valence-electron chi connectivity index (χ4n) is 3.24. The number of benzene rings is 1. The van der Waals surface area contributed by atoms with Crippen LogP contribution in [0.4, 0.5) is 10.2 Å². The first kappa shape index (κ1) is 21.3. The molecule has 158 valence electrons. The minimum Gasteiger partial charge on any atom is -0.480 e. The van der Waals surface area contributed by atoms with E-state index in [0.29, 0.717) is 33.3 Å². The van der Waals surface area contributed by atoms with Crippen molar-refractivity contribution in [3.05, 3.63) is 51.9 Å². The van der Waals surface area contributed by atoms with Gasteiger partial charge in [0, 0.05) is 22.7 Å². The van der Waals surface area contributed by atoms with Crippen molar-refractivity contribution in [2.45, 2.75) is 25.8 Å². The van der Waals surface area contributed by atoms with E-state index in [1.807, 2.05) is 0 Å². The van der Waals surface area contributed by atoms with Gasteiger partial charge in [0.1, 0.15) is 21.8 Å². The van der Waals surface area contributed by atoms with Crippen molar-refractivity contribution < 1.29 is 12.3 Å². The number of nitrogens with two attached hydrogens (primary N) is 1. The Morgan fingerprint density at radius 3 is 2.80 bits per heavy atom. The molecule has 1 aliphatic heterocycles. The van der Waals surface area contributed by atoms with E-state index in [4.69, 9.17) is 13.8 Å². The van der Waals surface area contributed by atoms with Crippen molar-refractivity contribution in [2.75, 3.05) is 12.4 Å². The molecular formula is C19H19BrFIN6O2. The second-order valence-corrected chi connectivity index (χ2v) is 9.93. The zero-order valence-electron chi connectivity index (χ0n) is 16.4. The van der Waals surface area contributed by atoms with Crippen LogP contribution in [0.15, 0.2) is 34.9 Å². The van der Waals surface area contributed by atoms with E-state index in [0.717, 1.165) is 9.20 Å². The highest BCUT2D eigenvalue weighted by Crippen LogP contribution is 2.41. The smallest absolute Gasteiger partial charge is 0.227 e. The minimum atomic E-state index is -0.790. The number of halogens is 3. The average Bonchev–Trinajstić information content (AvgIpc) is 3.16. The van der Waals surface area contributed by atoms with Crippen LogP contribution >= 0.6 is 37.1 Å². The van der Waals surface area contributed by atoms with Gasteiger partial charge in [-0.15, -0.1) is 0 Å². The Labute approximate surface area is 191 Å². The summed E-state index contributed by atoms with van der Waals surface area (Å²) < 4.78 is 27.7. The predicted octanol–water partition coefficient (Wildman–Crippen LogP) is 3.91. The molecule has 3 N–H and O–H groups in total. The van der Waals surface area contributed by atoms with Crippen molar-refractivity contribution in [2.24, 2.45) is 5.90 Å². The predicted molar refractivity (Wildman–Crippen MR) is 124 cm³/mol. The number of fused-ring (bicyclic) bond motifs is 1. The number of rotatable bonds is 5. The first-order chi connectivity index (χ1) is 14.4. The van der Waals surface area contributed by atoms with Gasteiger partial charge < -0.3 is 10.1 Å². The van der Waals surface area contributed by atoms with Crippen molar-refractivity contribution in [1.82, 2.24) is 19.7 Å². The molecule has 0 saturated heterocycles. The number of hydrogen-bond donors (Lipinski definition) is 2. The van der Waals surface area contributed by atoms with Gasteiger partial charge in [-0.3, -0.25) is 0 Å². The summed E-state index contributed by atoms with van der Waals surface area (Å²) in [7, 11) is 1.54. The van der Waals surface area contributed by atoms with E-state index in [2.05, 4.69) is 50.2 Å². The summed E-state index contributed by atoms with van der Waals surface area (Å²) in [6.45, 7) is 4.36. The number of nitrogens with zero attached hydrogens (tertiary/aromatic N) is 4. The maximum atomic E-state index is 14.1. The maximum absolute atomic E-state index is 14.1. The van der Waals surface area contributed by atoms with Crippen LogP contribution in [-0.2, 0) is 15.1 Å². The molecule has 8 nitrogen and oxygen atoms in total.